The van der Waals surface area contributed by atoms with Gasteiger partial charge < -0.3 is 24.4 Å². The Bertz CT molecular complexity index is 1090. The molecule has 0 amide bonds. The number of fused-ring (bicyclic) bond motifs is 1. The number of morpholine rings is 1. The predicted molar refractivity (Wildman–Crippen MR) is 133 cm³/mol. The highest BCUT2D eigenvalue weighted by Crippen LogP contribution is 2.33. The van der Waals surface area contributed by atoms with E-state index in [1.54, 1.807) is 18.6 Å². The number of hydrogen-bond donors (Lipinski definition) is 1. The SMILES string of the molecule is CC(C)Oc1cc(N[C@H]2CC[C@@H](Oc3cc(N4CCOCC4)cc4nccnc34)CC2)ccn1. The number of hydrogen-bond acceptors (Lipinski definition) is 8. The van der Waals surface area contributed by atoms with Crippen molar-refractivity contribution in [2.75, 3.05) is 36.5 Å². The molecule has 0 atom stereocenters. The Labute approximate surface area is 200 Å². The third kappa shape index (κ3) is 5.50. The largest absolute Gasteiger partial charge is 0.488 e. The predicted octanol–water partition coefficient (Wildman–Crippen LogP) is 4.45. The van der Waals surface area contributed by atoms with E-state index in [0.29, 0.717) is 11.9 Å². The summed E-state index contributed by atoms with van der Waals surface area (Å²) in [5, 5.41) is 3.64. The molecule has 0 radical (unpaired) electrons. The lowest BCUT2D eigenvalue weighted by Crippen LogP contribution is -2.36. The zero-order valence-corrected chi connectivity index (χ0v) is 19.9. The second-order valence-corrected chi connectivity index (χ2v) is 9.25. The van der Waals surface area contributed by atoms with E-state index in [1.165, 1.54) is 0 Å². The Hall–Kier alpha value is -3.13. The molecule has 2 fully saturated rings. The Balaban J connectivity index is 1.23. The topological polar surface area (TPSA) is 81.6 Å². The van der Waals surface area contributed by atoms with E-state index in [0.717, 1.165) is 80.1 Å². The lowest BCUT2D eigenvalue weighted by Gasteiger charge is -2.31. The quantitative estimate of drug-likeness (QED) is 0.550. The van der Waals surface area contributed by atoms with E-state index < -0.39 is 0 Å². The summed E-state index contributed by atoms with van der Waals surface area (Å²) in [7, 11) is 0. The Morgan fingerprint density at radius 3 is 2.56 bits per heavy atom. The van der Waals surface area contributed by atoms with Crippen molar-refractivity contribution in [3.63, 3.8) is 0 Å². The van der Waals surface area contributed by atoms with Crippen LogP contribution in [-0.2, 0) is 4.74 Å². The maximum atomic E-state index is 6.54. The highest BCUT2D eigenvalue weighted by Gasteiger charge is 2.24. The van der Waals surface area contributed by atoms with E-state index in [9.17, 15) is 0 Å². The van der Waals surface area contributed by atoms with Gasteiger partial charge in [-0.25, -0.2) is 9.97 Å². The van der Waals surface area contributed by atoms with Crippen LogP contribution >= 0.6 is 0 Å². The van der Waals surface area contributed by atoms with Gasteiger partial charge in [0, 0.05) is 61.2 Å². The summed E-state index contributed by atoms with van der Waals surface area (Å²) in [5.41, 5.74) is 3.87. The first-order valence-corrected chi connectivity index (χ1v) is 12.3. The summed E-state index contributed by atoms with van der Waals surface area (Å²) in [6, 6.07) is 8.61. The van der Waals surface area contributed by atoms with Gasteiger partial charge in [0.2, 0.25) is 5.88 Å². The molecule has 2 aliphatic rings. The number of pyridine rings is 1. The monoisotopic (exact) mass is 463 g/mol. The number of benzene rings is 1. The van der Waals surface area contributed by atoms with Crippen LogP contribution < -0.4 is 19.7 Å². The number of ether oxygens (including phenoxy) is 3. The van der Waals surface area contributed by atoms with Gasteiger partial charge in [0.25, 0.3) is 0 Å². The molecular formula is C26H33N5O3. The second-order valence-electron chi connectivity index (χ2n) is 9.25. The first-order valence-electron chi connectivity index (χ1n) is 12.3. The summed E-state index contributed by atoms with van der Waals surface area (Å²) in [4.78, 5) is 15.7. The van der Waals surface area contributed by atoms with Crippen molar-refractivity contribution in [3.8, 4) is 11.6 Å². The lowest BCUT2D eigenvalue weighted by molar-refractivity contribution is 0.122. The van der Waals surface area contributed by atoms with Crippen molar-refractivity contribution < 1.29 is 14.2 Å². The van der Waals surface area contributed by atoms with Crippen LogP contribution in [0.3, 0.4) is 0 Å². The zero-order valence-electron chi connectivity index (χ0n) is 19.9. The normalized spacial score (nSPS) is 21.0. The average Bonchev–Trinajstić information content (AvgIpc) is 2.85. The Morgan fingerprint density at radius 2 is 1.76 bits per heavy atom. The van der Waals surface area contributed by atoms with E-state index in [-0.39, 0.29) is 12.2 Å². The molecule has 1 aromatic carbocycles. The number of nitrogens with zero attached hydrogens (tertiary/aromatic N) is 4. The fourth-order valence-corrected chi connectivity index (χ4v) is 4.67. The van der Waals surface area contributed by atoms with Gasteiger partial charge in [-0.2, -0.15) is 0 Å². The van der Waals surface area contributed by atoms with Gasteiger partial charge in [0.15, 0.2) is 0 Å². The first kappa shape index (κ1) is 22.7. The Kier molecular flexibility index (Phi) is 6.94. The van der Waals surface area contributed by atoms with E-state index in [1.807, 2.05) is 26.0 Å². The van der Waals surface area contributed by atoms with Gasteiger partial charge in [0.05, 0.1) is 30.9 Å². The molecule has 3 heterocycles. The molecule has 180 valence electrons. The van der Waals surface area contributed by atoms with Crippen LogP contribution in [0.1, 0.15) is 39.5 Å². The van der Waals surface area contributed by atoms with Gasteiger partial charge >= 0.3 is 0 Å². The minimum absolute atomic E-state index is 0.109. The van der Waals surface area contributed by atoms with Crippen LogP contribution in [0.5, 0.6) is 11.6 Å². The van der Waals surface area contributed by atoms with Crippen molar-refractivity contribution in [2.24, 2.45) is 0 Å². The lowest BCUT2D eigenvalue weighted by atomic mass is 9.92. The van der Waals surface area contributed by atoms with Gasteiger partial charge in [-0.15, -0.1) is 0 Å². The van der Waals surface area contributed by atoms with Crippen LogP contribution in [0, 0.1) is 0 Å². The smallest absolute Gasteiger partial charge is 0.215 e. The molecule has 1 saturated heterocycles. The zero-order chi connectivity index (χ0) is 23.3. The van der Waals surface area contributed by atoms with E-state index in [2.05, 4.69) is 37.3 Å². The fraction of sp³-hybridized carbons (Fsp3) is 0.500. The number of nitrogens with one attached hydrogen (secondary N) is 1. The number of aromatic nitrogens is 3. The summed E-state index contributed by atoms with van der Waals surface area (Å²) in [5.74, 6) is 1.48. The summed E-state index contributed by atoms with van der Waals surface area (Å²) < 4.78 is 17.8. The van der Waals surface area contributed by atoms with Crippen molar-refractivity contribution in [3.05, 3.63) is 42.9 Å². The van der Waals surface area contributed by atoms with Gasteiger partial charge in [-0.1, -0.05) is 0 Å². The minimum atomic E-state index is 0.109. The van der Waals surface area contributed by atoms with Gasteiger partial charge in [0.1, 0.15) is 11.3 Å². The van der Waals surface area contributed by atoms with E-state index in [4.69, 9.17) is 14.2 Å². The average molecular weight is 464 g/mol. The molecule has 8 heteroatoms. The molecule has 5 rings (SSSR count). The number of rotatable bonds is 7. The van der Waals surface area contributed by atoms with Crippen molar-refractivity contribution in [2.45, 2.75) is 57.8 Å². The van der Waals surface area contributed by atoms with Crippen molar-refractivity contribution >= 4 is 22.4 Å². The van der Waals surface area contributed by atoms with Crippen LogP contribution in [0.15, 0.2) is 42.9 Å². The number of anilines is 2. The van der Waals surface area contributed by atoms with Gasteiger partial charge in [-0.05, 0) is 51.7 Å². The molecule has 1 aliphatic heterocycles. The van der Waals surface area contributed by atoms with Crippen molar-refractivity contribution in [1.82, 2.24) is 15.0 Å². The molecule has 1 N–H and O–H groups in total. The fourth-order valence-electron chi connectivity index (χ4n) is 4.67. The molecule has 0 bridgehead atoms. The van der Waals surface area contributed by atoms with E-state index >= 15 is 0 Å². The Morgan fingerprint density at radius 1 is 0.971 bits per heavy atom. The van der Waals surface area contributed by atoms with Crippen LogP contribution in [0.25, 0.3) is 11.0 Å². The second kappa shape index (κ2) is 10.4. The van der Waals surface area contributed by atoms with Gasteiger partial charge in [-0.3, -0.25) is 4.98 Å². The molecule has 34 heavy (non-hydrogen) atoms. The third-order valence-electron chi connectivity index (χ3n) is 6.33. The molecule has 2 aromatic heterocycles. The standard InChI is InChI=1S/C26H33N5O3/c1-18(2)33-25-15-20(7-8-28-25)30-19-3-5-22(6-4-19)34-24-17-21(31-11-13-32-14-12-31)16-23-26(24)29-10-9-27-23/h7-10,15-19,22H,3-6,11-14H2,1-2H3,(H,28,30)/t19-,22+. The molecule has 3 aromatic rings. The maximum Gasteiger partial charge on any atom is 0.215 e. The van der Waals surface area contributed by atoms with Crippen LogP contribution in [0.2, 0.25) is 0 Å². The van der Waals surface area contributed by atoms with Crippen LogP contribution in [-0.4, -0.2) is 59.5 Å². The summed E-state index contributed by atoms with van der Waals surface area (Å²) in [6.45, 7) is 7.26. The summed E-state index contributed by atoms with van der Waals surface area (Å²) >= 11 is 0. The molecule has 1 saturated carbocycles. The first-order chi connectivity index (χ1) is 16.6. The highest BCUT2D eigenvalue weighted by atomic mass is 16.5. The molecule has 8 nitrogen and oxygen atoms in total. The molecular weight excluding hydrogens is 430 g/mol. The van der Waals surface area contributed by atoms with Crippen LogP contribution in [0.4, 0.5) is 11.4 Å². The third-order valence-corrected chi connectivity index (χ3v) is 6.33. The molecule has 0 unspecified atom stereocenters. The molecule has 1 aliphatic carbocycles. The molecule has 0 spiro atoms. The minimum Gasteiger partial charge on any atom is -0.488 e. The summed E-state index contributed by atoms with van der Waals surface area (Å²) in [6.07, 6.45) is 9.60. The maximum absolute atomic E-state index is 6.54. The van der Waals surface area contributed by atoms with Crippen molar-refractivity contribution in [1.29, 1.82) is 0 Å². The highest BCUT2D eigenvalue weighted by molar-refractivity contribution is 5.85.